The maximum Gasteiger partial charge on any atom is 0.239 e. The van der Waals surface area contributed by atoms with Gasteiger partial charge in [-0.15, -0.1) is 0 Å². The van der Waals surface area contributed by atoms with Gasteiger partial charge >= 0.3 is 0 Å². The van der Waals surface area contributed by atoms with E-state index in [9.17, 15) is 12.8 Å². The molecule has 1 unspecified atom stereocenters. The lowest BCUT2D eigenvalue weighted by Gasteiger charge is -2.25. The molecule has 1 aromatic rings. The summed E-state index contributed by atoms with van der Waals surface area (Å²) in [6.07, 6.45) is 0. The second-order valence-electron chi connectivity index (χ2n) is 3.73. The van der Waals surface area contributed by atoms with Gasteiger partial charge in [0, 0.05) is 13.1 Å². The fraction of sp³-hybridized carbons (Fsp3) is 0.455. The van der Waals surface area contributed by atoms with E-state index in [1.807, 2.05) is 0 Å². The third-order valence-corrected chi connectivity index (χ3v) is 4.84. The predicted octanol–water partition coefficient (Wildman–Crippen LogP) is 1.33. The summed E-state index contributed by atoms with van der Waals surface area (Å²) in [7, 11) is -3.48. The molecule has 0 bridgehead atoms. The summed E-state index contributed by atoms with van der Waals surface area (Å²) < 4.78 is 38.3. The lowest BCUT2D eigenvalue weighted by Crippen LogP contribution is -2.40. The van der Waals surface area contributed by atoms with Crippen LogP contribution in [0.1, 0.15) is 13.8 Å². The van der Waals surface area contributed by atoms with Crippen molar-refractivity contribution in [3.63, 3.8) is 0 Å². The largest absolute Gasteiger partial charge is 0.329 e. The van der Waals surface area contributed by atoms with E-state index < -0.39 is 21.1 Å². The first-order valence-electron chi connectivity index (χ1n) is 5.40. The van der Waals surface area contributed by atoms with Crippen LogP contribution in [0.4, 0.5) is 10.1 Å². The summed E-state index contributed by atoms with van der Waals surface area (Å²) in [5, 5.41) is -0.660. The number of rotatable bonds is 5. The minimum atomic E-state index is -3.48. The molecule has 0 aliphatic rings. The molecule has 1 rings (SSSR count). The van der Waals surface area contributed by atoms with Crippen LogP contribution in [0.25, 0.3) is 0 Å². The van der Waals surface area contributed by atoms with E-state index in [2.05, 4.69) is 0 Å². The summed E-state index contributed by atoms with van der Waals surface area (Å²) >= 11 is 0. The van der Waals surface area contributed by atoms with E-state index in [1.54, 1.807) is 13.8 Å². The Kier molecular flexibility index (Phi) is 4.47. The standard InChI is InChI=1S/C11H17FN2O2S/c1-3-14(17(15,16)9(2)8-13)11-6-4-10(12)5-7-11/h4-7,9H,3,8,13H2,1-2H3. The number of benzene rings is 1. The molecule has 1 atom stereocenters. The van der Waals surface area contributed by atoms with Gasteiger partial charge in [-0.1, -0.05) is 0 Å². The molecular weight excluding hydrogens is 243 g/mol. The molecule has 0 saturated carbocycles. The van der Waals surface area contributed by atoms with E-state index in [-0.39, 0.29) is 13.1 Å². The monoisotopic (exact) mass is 260 g/mol. The number of anilines is 1. The smallest absolute Gasteiger partial charge is 0.239 e. The Labute approximate surface area is 101 Å². The minimum Gasteiger partial charge on any atom is -0.329 e. The molecule has 0 spiro atoms. The topological polar surface area (TPSA) is 63.4 Å². The normalized spacial score (nSPS) is 13.4. The average Bonchev–Trinajstić information content (AvgIpc) is 2.31. The summed E-state index contributed by atoms with van der Waals surface area (Å²) in [4.78, 5) is 0. The van der Waals surface area contributed by atoms with Crippen molar-refractivity contribution < 1.29 is 12.8 Å². The molecular formula is C11H17FN2O2S. The van der Waals surface area contributed by atoms with Crippen LogP contribution in [-0.2, 0) is 10.0 Å². The second kappa shape index (κ2) is 5.46. The van der Waals surface area contributed by atoms with Crippen molar-refractivity contribution in [2.24, 2.45) is 5.73 Å². The molecule has 0 saturated heterocycles. The summed E-state index contributed by atoms with van der Waals surface area (Å²) in [6, 6.07) is 5.36. The fourth-order valence-corrected chi connectivity index (χ4v) is 2.91. The van der Waals surface area contributed by atoms with E-state index in [0.29, 0.717) is 5.69 Å². The van der Waals surface area contributed by atoms with Crippen LogP contribution in [0.2, 0.25) is 0 Å². The number of sulfonamides is 1. The molecule has 0 aromatic heterocycles. The van der Waals surface area contributed by atoms with Crippen LogP contribution in [-0.4, -0.2) is 26.8 Å². The van der Waals surface area contributed by atoms with Crippen molar-refractivity contribution in [1.82, 2.24) is 0 Å². The van der Waals surface area contributed by atoms with E-state index in [0.717, 1.165) is 0 Å². The van der Waals surface area contributed by atoms with Gasteiger partial charge in [-0.2, -0.15) is 0 Å². The SMILES string of the molecule is CCN(c1ccc(F)cc1)S(=O)(=O)C(C)CN. The Hall–Kier alpha value is -1.14. The Morgan fingerprint density at radius 2 is 1.88 bits per heavy atom. The number of nitrogens with zero attached hydrogens (tertiary/aromatic N) is 1. The summed E-state index contributed by atoms with van der Waals surface area (Å²) in [5.41, 5.74) is 5.84. The van der Waals surface area contributed by atoms with Gasteiger partial charge in [-0.25, -0.2) is 12.8 Å². The van der Waals surface area contributed by atoms with Crippen LogP contribution < -0.4 is 10.0 Å². The van der Waals surface area contributed by atoms with Crippen LogP contribution >= 0.6 is 0 Å². The van der Waals surface area contributed by atoms with Crippen molar-refractivity contribution in [3.05, 3.63) is 30.1 Å². The minimum absolute atomic E-state index is 0.0556. The molecule has 0 radical (unpaired) electrons. The highest BCUT2D eigenvalue weighted by atomic mass is 32.2. The van der Waals surface area contributed by atoms with Gasteiger partial charge < -0.3 is 5.73 Å². The summed E-state index contributed by atoms with van der Waals surface area (Å²) in [6.45, 7) is 3.63. The van der Waals surface area contributed by atoms with Crippen LogP contribution in [0.5, 0.6) is 0 Å². The molecule has 4 nitrogen and oxygen atoms in total. The van der Waals surface area contributed by atoms with Gasteiger partial charge in [0.25, 0.3) is 0 Å². The second-order valence-corrected chi connectivity index (χ2v) is 6.01. The maximum atomic E-state index is 12.8. The van der Waals surface area contributed by atoms with Crippen LogP contribution in [0.3, 0.4) is 0 Å². The van der Waals surface area contributed by atoms with Crippen LogP contribution in [0.15, 0.2) is 24.3 Å². The van der Waals surface area contributed by atoms with Gasteiger partial charge in [0.2, 0.25) is 10.0 Å². The van der Waals surface area contributed by atoms with Crippen molar-refractivity contribution >= 4 is 15.7 Å². The number of hydrogen-bond donors (Lipinski definition) is 1. The van der Waals surface area contributed by atoms with Gasteiger partial charge in [0.15, 0.2) is 0 Å². The maximum absolute atomic E-state index is 12.8. The van der Waals surface area contributed by atoms with Crippen molar-refractivity contribution in [2.75, 3.05) is 17.4 Å². The Balaban J connectivity index is 3.12. The first kappa shape index (κ1) is 13.9. The van der Waals surface area contributed by atoms with Crippen molar-refractivity contribution in [3.8, 4) is 0 Å². The first-order chi connectivity index (χ1) is 7.93. The Morgan fingerprint density at radius 3 is 2.29 bits per heavy atom. The van der Waals surface area contributed by atoms with Crippen molar-refractivity contribution in [1.29, 1.82) is 0 Å². The molecule has 0 heterocycles. The highest BCUT2D eigenvalue weighted by Crippen LogP contribution is 2.20. The van der Waals surface area contributed by atoms with E-state index >= 15 is 0 Å². The lowest BCUT2D eigenvalue weighted by atomic mass is 10.3. The number of halogens is 1. The highest BCUT2D eigenvalue weighted by molar-refractivity contribution is 7.93. The molecule has 2 N–H and O–H groups in total. The van der Waals surface area contributed by atoms with Crippen LogP contribution in [0, 0.1) is 5.82 Å². The zero-order valence-corrected chi connectivity index (χ0v) is 10.7. The average molecular weight is 260 g/mol. The summed E-state index contributed by atoms with van der Waals surface area (Å²) in [5.74, 6) is -0.394. The third kappa shape index (κ3) is 2.95. The van der Waals surface area contributed by atoms with E-state index in [4.69, 9.17) is 5.73 Å². The lowest BCUT2D eigenvalue weighted by molar-refractivity contribution is 0.579. The first-order valence-corrected chi connectivity index (χ1v) is 6.91. The molecule has 0 amide bonds. The van der Waals surface area contributed by atoms with E-state index in [1.165, 1.54) is 28.6 Å². The zero-order chi connectivity index (χ0) is 13.1. The molecule has 96 valence electrons. The number of nitrogens with two attached hydrogens (primary N) is 1. The van der Waals surface area contributed by atoms with Gasteiger partial charge in [-0.05, 0) is 38.1 Å². The van der Waals surface area contributed by atoms with Gasteiger partial charge in [0.1, 0.15) is 5.82 Å². The molecule has 0 fully saturated rings. The molecule has 0 aliphatic carbocycles. The quantitative estimate of drug-likeness (QED) is 0.868. The van der Waals surface area contributed by atoms with Gasteiger partial charge in [-0.3, -0.25) is 4.31 Å². The fourth-order valence-electron chi connectivity index (χ4n) is 1.46. The Bertz CT molecular complexity index is 459. The predicted molar refractivity (Wildman–Crippen MR) is 66.9 cm³/mol. The highest BCUT2D eigenvalue weighted by Gasteiger charge is 2.26. The zero-order valence-electron chi connectivity index (χ0n) is 9.93. The third-order valence-electron chi connectivity index (χ3n) is 2.55. The molecule has 0 aliphatic heterocycles. The Morgan fingerprint density at radius 1 is 1.35 bits per heavy atom. The van der Waals surface area contributed by atoms with Crippen molar-refractivity contribution in [2.45, 2.75) is 19.1 Å². The molecule has 6 heteroatoms. The molecule has 1 aromatic carbocycles. The van der Waals surface area contributed by atoms with Gasteiger partial charge in [0.05, 0.1) is 10.9 Å². The molecule has 17 heavy (non-hydrogen) atoms. The number of hydrogen-bond acceptors (Lipinski definition) is 3.